The molecule has 1 aromatic rings. The van der Waals surface area contributed by atoms with Gasteiger partial charge in [0.2, 0.25) is 5.91 Å². The van der Waals surface area contributed by atoms with E-state index in [4.69, 9.17) is 11.6 Å². The van der Waals surface area contributed by atoms with Crippen molar-refractivity contribution in [2.45, 2.75) is 32.7 Å². The lowest BCUT2D eigenvalue weighted by molar-refractivity contribution is -0.128. The average Bonchev–Trinajstić information content (AvgIpc) is 2.42. The first-order chi connectivity index (χ1) is 8.83. The maximum absolute atomic E-state index is 12.5. The molecule has 1 N–H and O–H groups in total. The Morgan fingerprint density at radius 1 is 1.32 bits per heavy atom. The standard InChI is InChI=1S/C14H17ClN2O2/c1-9-10(15)5-4-6-11(9)17-8-7-12(18)16-14(2,3)13(17)19/h4-6H,7-8H2,1-3H3,(H,16,18). The molecule has 1 heterocycles. The van der Waals surface area contributed by atoms with Crippen molar-refractivity contribution in [1.29, 1.82) is 0 Å². The number of halogens is 1. The molecule has 0 spiro atoms. The van der Waals surface area contributed by atoms with E-state index in [9.17, 15) is 9.59 Å². The molecule has 102 valence electrons. The SMILES string of the molecule is Cc1c(Cl)cccc1N1CCC(=O)NC(C)(C)C1=O. The minimum atomic E-state index is -0.900. The van der Waals surface area contributed by atoms with Gasteiger partial charge in [0.1, 0.15) is 5.54 Å². The third-order valence-electron chi connectivity index (χ3n) is 3.32. The number of hydrogen-bond donors (Lipinski definition) is 1. The zero-order valence-corrected chi connectivity index (χ0v) is 12.0. The van der Waals surface area contributed by atoms with Crippen LogP contribution in [0.15, 0.2) is 18.2 Å². The predicted octanol–water partition coefficient (Wildman–Crippen LogP) is 2.28. The molecule has 4 nitrogen and oxygen atoms in total. The number of carbonyl (C=O) groups excluding carboxylic acids is 2. The highest BCUT2D eigenvalue weighted by molar-refractivity contribution is 6.31. The molecule has 1 aliphatic heterocycles. The molecular formula is C14H17ClN2O2. The lowest BCUT2D eigenvalue weighted by atomic mass is 10.0. The van der Waals surface area contributed by atoms with Crippen LogP contribution >= 0.6 is 11.6 Å². The van der Waals surface area contributed by atoms with Crippen molar-refractivity contribution in [2.24, 2.45) is 0 Å². The van der Waals surface area contributed by atoms with E-state index in [2.05, 4.69) is 5.32 Å². The number of rotatable bonds is 1. The topological polar surface area (TPSA) is 49.4 Å². The summed E-state index contributed by atoms with van der Waals surface area (Å²) in [7, 11) is 0. The maximum atomic E-state index is 12.5. The molecule has 0 aliphatic carbocycles. The van der Waals surface area contributed by atoms with E-state index < -0.39 is 5.54 Å². The average molecular weight is 281 g/mol. The molecule has 0 unspecified atom stereocenters. The summed E-state index contributed by atoms with van der Waals surface area (Å²) in [5, 5.41) is 3.36. The van der Waals surface area contributed by atoms with E-state index in [1.54, 1.807) is 24.8 Å². The van der Waals surface area contributed by atoms with Crippen molar-refractivity contribution in [3.8, 4) is 0 Å². The zero-order valence-electron chi connectivity index (χ0n) is 11.3. The van der Waals surface area contributed by atoms with Crippen molar-refractivity contribution in [3.05, 3.63) is 28.8 Å². The Morgan fingerprint density at radius 3 is 2.68 bits per heavy atom. The van der Waals surface area contributed by atoms with Gasteiger partial charge in [-0.1, -0.05) is 17.7 Å². The van der Waals surface area contributed by atoms with Crippen LogP contribution in [0.25, 0.3) is 0 Å². The van der Waals surface area contributed by atoms with E-state index >= 15 is 0 Å². The third-order valence-corrected chi connectivity index (χ3v) is 3.73. The van der Waals surface area contributed by atoms with Gasteiger partial charge in [0.15, 0.2) is 0 Å². The Kier molecular flexibility index (Phi) is 3.54. The predicted molar refractivity (Wildman–Crippen MR) is 75.4 cm³/mol. The second kappa shape index (κ2) is 4.85. The molecule has 5 heteroatoms. The van der Waals surface area contributed by atoms with Crippen LogP contribution in [-0.4, -0.2) is 23.9 Å². The summed E-state index contributed by atoms with van der Waals surface area (Å²) >= 11 is 6.10. The van der Waals surface area contributed by atoms with Crippen LogP contribution in [0.5, 0.6) is 0 Å². The lowest BCUT2D eigenvalue weighted by Crippen LogP contribution is -2.53. The minimum absolute atomic E-state index is 0.111. The number of nitrogens with one attached hydrogen (secondary N) is 1. The van der Waals surface area contributed by atoms with Gasteiger partial charge in [0, 0.05) is 23.7 Å². The summed E-state index contributed by atoms with van der Waals surface area (Å²) in [5.74, 6) is -0.232. The van der Waals surface area contributed by atoms with E-state index in [-0.39, 0.29) is 11.8 Å². The zero-order chi connectivity index (χ0) is 14.2. The first kappa shape index (κ1) is 13.9. The van der Waals surface area contributed by atoms with E-state index in [1.807, 2.05) is 19.1 Å². The van der Waals surface area contributed by atoms with Crippen LogP contribution in [0.1, 0.15) is 25.8 Å². The van der Waals surface area contributed by atoms with Crippen molar-refractivity contribution in [2.75, 3.05) is 11.4 Å². The van der Waals surface area contributed by atoms with E-state index in [0.717, 1.165) is 11.3 Å². The van der Waals surface area contributed by atoms with Crippen LogP contribution in [0.2, 0.25) is 5.02 Å². The summed E-state index contributed by atoms with van der Waals surface area (Å²) in [5.41, 5.74) is 0.715. The van der Waals surface area contributed by atoms with Gasteiger partial charge in [-0.3, -0.25) is 9.59 Å². The molecule has 1 fully saturated rings. The van der Waals surface area contributed by atoms with Crippen molar-refractivity contribution in [3.63, 3.8) is 0 Å². The second-order valence-corrected chi connectivity index (χ2v) is 5.67. The smallest absolute Gasteiger partial charge is 0.252 e. The summed E-state index contributed by atoms with van der Waals surface area (Å²) < 4.78 is 0. The van der Waals surface area contributed by atoms with Crippen LogP contribution in [0.4, 0.5) is 5.69 Å². The van der Waals surface area contributed by atoms with Gasteiger partial charge in [-0.2, -0.15) is 0 Å². The fourth-order valence-corrected chi connectivity index (χ4v) is 2.40. The number of anilines is 1. The fraction of sp³-hybridized carbons (Fsp3) is 0.429. The Balaban J connectivity index is 2.45. The molecular weight excluding hydrogens is 264 g/mol. The second-order valence-electron chi connectivity index (χ2n) is 5.26. The number of benzene rings is 1. The van der Waals surface area contributed by atoms with Crippen LogP contribution in [0.3, 0.4) is 0 Å². The maximum Gasteiger partial charge on any atom is 0.252 e. The van der Waals surface area contributed by atoms with Gasteiger partial charge < -0.3 is 10.2 Å². The first-order valence-corrected chi connectivity index (χ1v) is 6.59. The normalized spacial score (nSPS) is 19.1. The van der Waals surface area contributed by atoms with E-state index in [0.29, 0.717) is 18.0 Å². The Morgan fingerprint density at radius 2 is 2.00 bits per heavy atom. The molecule has 19 heavy (non-hydrogen) atoms. The lowest BCUT2D eigenvalue weighted by Gasteiger charge is -2.30. The molecule has 0 saturated carbocycles. The highest BCUT2D eigenvalue weighted by Crippen LogP contribution is 2.29. The number of hydrogen-bond acceptors (Lipinski definition) is 2. The molecule has 0 bridgehead atoms. The summed E-state index contributed by atoms with van der Waals surface area (Å²) in [4.78, 5) is 25.8. The number of amides is 2. The molecule has 0 radical (unpaired) electrons. The monoisotopic (exact) mass is 280 g/mol. The van der Waals surface area contributed by atoms with Crippen LogP contribution in [0, 0.1) is 6.92 Å². The van der Waals surface area contributed by atoms with Crippen molar-refractivity contribution < 1.29 is 9.59 Å². The molecule has 0 atom stereocenters. The summed E-state index contributed by atoms with van der Waals surface area (Å²) in [6.45, 7) is 5.67. The Labute approximate surface area is 117 Å². The molecule has 2 amide bonds. The fourth-order valence-electron chi connectivity index (χ4n) is 2.24. The Hall–Kier alpha value is -1.55. The van der Waals surface area contributed by atoms with Gasteiger partial charge in [0.05, 0.1) is 0 Å². The molecule has 1 aliphatic rings. The van der Waals surface area contributed by atoms with Crippen LogP contribution in [-0.2, 0) is 9.59 Å². The largest absolute Gasteiger partial charge is 0.342 e. The van der Waals surface area contributed by atoms with Crippen LogP contribution < -0.4 is 10.2 Å². The van der Waals surface area contributed by atoms with E-state index in [1.165, 1.54) is 0 Å². The third kappa shape index (κ3) is 2.59. The summed E-state index contributed by atoms with van der Waals surface area (Å²) in [6, 6.07) is 5.45. The number of carbonyl (C=O) groups is 2. The number of nitrogens with zero attached hydrogens (tertiary/aromatic N) is 1. The molecule has 1 aromatic carbocycles. The highest BCUT2D eigenvalue weighted by Gasteiger charge is 2.37. The quantitative estimate of drug-likeness (QED) is 0.858. The molecule has 1 saturated heterocycles. The summed E-state index contributed by atoms with van der Waals surface area (Å²) in [6.07, 6.45) is 0.293. The minimum Gasteiger partial charge on any atom is -0.342 e. The van der Waals surface area contributed by atoms with Gasteiger partial charge in [-0.25, -0.2) is 0 Å². The molecule has 0 aromatic heterocycles. The Bertz CT molecular complexity index is 540. The van der Waals surface area contributed by atoms with Gasteiger partial charge in [0.25, 0.3) is 5.91 Å². The highest BCUT2D eigenvalue weighted by atomic mass is 35.5. The van der Waals surface area contributed by atoms with Gasteiger partial charge in [-0.15, -0.1) is 0 Å². The molecule has 2 rings (SSSR count). The van der Waals surface area contributed by atoms with Gasteiger partial charge in [-0.05, 0) is 38.5 Å². The van der Waals surface area contributed by atoms with Gasteiger partial charge >= 0.3 is 0 Å². The van der Waals surface area contributed by atoms with Crippen molar-refractivity contribution in [1.82, 2.24) is 5.32 Å². The van der Waals surface area contributed by atoms with Crippen molar-refractivity contribution >= 4 is 29.1 Å². The first-order valence-electron chi connectivity index (χ1n) is 6.21.